The number of alkyl halides is 1. The molecule has 0 aromatic carbocycles. The summed E-state index contributed by atoms with van der Waals surface area (Å²) in [6.07, 6.45) is 0. The first-order valence-corrected chi connectivity index (χ1v) is 7.00. The van der Waals surface area contributed by atoms with Gasteiger partial charge in [0.05, 0.1) is 9.21 Å². The topological polar surface area (TPSA) is 20.3 Å². The molecule has 0 spiro atoms. The van der Waals surface area contributed by atoms with Gasteiger partial charge in [0.1, 0.15) is 0 Å². The number of nitrogens with zero attached hydrogens (tertiary/aromatic N) is 1. The van der Waals surface area contributed by atoms with E-state index in [1.807, 2.05) is 18.7 Å². The van der Waals surface area contributed by atoms with Gasteiger partial charge in [0.15, 0.2) is 0 Å². The van der Waals surface area contributed by atoms with E-state index in [1.54, 1.807) is 12.1 Å². The Kier molecular flexibility index (Phi) is 5.09. The molecule has 2 nitrogen and oxygen atoms in total. The van der Waals surface area contributed by atoms with Gasteiger partial charge in [-0.05, 0) is 26.0 Å². The molecule has 1 aromatic rings. The Balaban J connectivity index is 2.80. The third kappa shape index (κ3) is 3.47. The lowest BCUT2D eigenvalue weighted by molar-refractivity contribution is 0.0724. The molecule has 1 heterocycles. The molecule has 1 aromatic heterocycles. The minimum atomic E-state index is 0.0568. The first kappa shape index (κ1) is 13.0. The molecule has 0 aliphatic heterocycles. The van der Waals surface area contributed by atoms with Gasteiger partial charge in [-0.2, -0.15) is 0 Å². The number of carbonyl (C=O) groups excluding carboxylic acids is 1. The molecule has 0 atom stereocenters. The zero-order valence-electron chi connectivity index (χ0n) is 8.67. The summed E-state index contributed by atoms with van der Waals surface area (Å²) in [5.41, 5.74) is 0. The molecule has 0 bridgehead atoms. The molecule has 0 saturated heterocycles. The summed E-state index contributed by atoms with van der Waals surface area (Å²) in [4.78, 5) is 14.6. The van der Waals surface area contributed by atoms with Crippen LogP contribution in [0.25, 0.3) is 0 Å². The van der Waals surface area contributed by atoms with Gasteiger partial charge in [-0.25, -0.2) is 0 Å². The summed E-state index contributed by atoms with van der Waals surface area (Å²) in [6.45, 7) is 4.73. The van der Waals surface area contributed by atoms with Crippen LogP contribution in [-0.4, -0.2) is 28.7 Å². The van der Waals surface area contributed by atoms with Gasteiger partial charge >= 0.3 is 0 Å². The Bertz CT molecular complexity index is 340. The van der Waals surface area contributed by atoms with E-state index in [0.29, 0.717) is 15.8 Å². The minimum absolute atomic E-state index is 0.0568. The lowest BCUT2D eigenvalue weighted by Gasteiger charge is -2.25. The molecule has 0 fully saturated rings. The second-order valence-electron chi connectivity index (χ2n) is 3.39. The van der Waals surface area contributed by atoms with Crippen molar-refractivity contribution in [2.75, 3.05) is 11.9 Å². The molecule has 0 aliphatic carbocycles. The van der Waals surface area contributed by atoms with Gasteiger partial charge in [-0.15, -0.1) is 11.3 Å². The van der Waals surface area contributed by atoms with Gasteiger partial charge in [0, 0.05) is 17.9 Å². The van der Waals surface area contributed by atoms with Crippen molar-refractivity contribution >= 4 is 44.8 Å². The molecule has 1 rings (SSSR count). The molecule has 0 aliphatic rings. The Hall–Kier alpha value is -0.0600. The summed E-state index contributed by atoms with van der Waals surface area (Å²) in [5, 5.41) is 0.788. The van der Waals surface area contributed by atoms with E-state index in [9.17, 15) is 4.79 Å². The number of rotatable bonds is 4. The maximum atomic E-state index is 12.0. The summed E-state index contributed by atoms with van der Waals surface area (Å²) < 4.78 is 0.654. The fourth-order valence-electron chi connectivity index (χ4n) is 1.26. The first-order chi connectivity index (χ1) is 7.06. The fourth-order valence-corrected chi connectivity index (χ4v) is 2.64. The predicted octanol–water partition coefficient (Wildman–Crippen LogP) is 3.65. The Morgan fingerprint density at radius 2 is 2.27 bits per heavy atom. The largest absolute Gasteiger partial charge is 0.335 e. The molecule has 1 amide bonds. The molecule has 0 saturated carbocycles. The molecule has 0 unspecified atom stereocenters. The van der Waals surface area contributed by atoms with Crippen molar-refractivity contribution in [3.05, 3.63) is 21.3 Å². The lowest BCUT2D eigenvalue weighted by atomic mass is 10.3. The second kappa shape index (κ2) is 5.87. The quantitative estimate of drug-likeness (QED) is 0.777. The van der Waals surface area contributed by atoms with Crippen LogP contribution >= 0.6 is 38.9 Å². The smallest absolute Gasteiger partial charge is 0.264 e. The van der Waals surface area contributed by atoms with Gasteiger partial charge in [-0.3, -0.25) is 4.79 Å². The highest BCUT2D eigenvalue weighted by Crippen LogP contribution is 2.23. The van der Waals surface area contributed by atoms with Crippen LogP contribution in [0.1, 0.15) is 23.5 Å². The van der Waals surface area contributed by atoms with Crippen LogP contribution in [0.2, 0.25) is 4.34 Å². The molecular formula is C10H13BrClNOS. The Labute approximate surface area is 107 Å². The SMILES string of the molecule is CC(C)N(CCBr)C(=O)c1ccc(Cl)s1. The fraction of sp³-hybridized carbons (Fsp3) is 0.500. The molecule has 15 heavy (non-hydrogen) atoms. The first-order valence-electron chi connectivity index (χ1n) is 4.68. The van der Waals surface area contributed by atoms with Crippen LogP contribution in [0.3, 0.4) is 0 Å². The zero-order valence-corrected chi connectivity index (χ0v) is 11.8. The average Bonchev–Trinajstić information content (AvgIpc) is 2.59. The number of carbonyl (C=O) groups is 1. The standard InChI is InChI=1S/C10H13BrClNOS/c1-7(2)13(6-5-11)10(14)8-3-4-9(12)15-8/h3-4,7H,5-6H2,1-2H3. The summed E-state index contributed by atoms with van der Waals surface area (Å²) in [6, 6.07) is 3.74. The molecule has 0 radical (unpaired) electrons. The molecule has 5 heteroatoms. The minimum Gasteiger partial charge on any atom is -0.335 e. The molecule has 0 N–H and O–H groups in total. The van der Waals surface area contributed by atoms with Crippen LogP contribution in [0.5, 0.6) is 0 Å². The van der Waals surface area contributed by atoms with Crippen molar-refractivity contribution in [2.24, 2.45) is 0 Å². The third-order valence-electron chi connectivity index (χ3n) is 1.99. The van der Waals surface area contributed by atoms with Crippen molar-refractivity contribution in [2.45, 2.75) is 19.9 Å². The highest BCUT2D eigenvalue weighted by atomic mass is 79.9. The second-order valence-corrected chi connectivity index (χ2v) is 5.89. The van der Waals surface area contributed by atoms with Crippen LogP contribution in [-0.2, 0) is 0 Å². The van der Waals surface area contributed by atoms with Gasteiger partial charge in [0.25, 0.3) is 5.91 Å². The van der Waals surface area contributed by atoms with Crippen molar-refractivity contribution < 1.29 is 4.79 Å². The van der Waals surface area contributed by atoms with E-state index in [0.717, 1.165) is 5.33 Å². The van der Waals surface area contributed by atoms with Crippen LogP contribution < -0.4 is 0 Å². The average molecular weight is 311 g/mol. The molecule has 84 valence electrons. The van der Waals surface area contributed by atoms with Gasteiger partial charge < -0.3 is 4.90 Å². The number of thiophene rings is 1. The highest BCUT2D eigenvalue weighted by Gasteiger charge is 2.19. The maximum Gasteiger partial charge on any atom is 0.264 e. The van der Waals surface area contributed by atoms with Crippen molar-refractivity contribution in [3.8, 4) is 0 Å². The van der Waals surface area contributed by atoms with E-state index >= 15 is 0 Å². The van der Waals surface area contributed by atoms with E-state index in [2.05, 4.69) is 15.9 Å². The van der Waals surface area contributed by atoms with Gasteiger partial charge in [-0.1, -0.05) is 27.5 Å². The summed E-state index contributed by atoms with van der Waals surface area (Å²) in [5.74, 6) is 0.0568. The number of hydrogen-bond donors (Lipinski definition) is 0. The normalized spacial score (nSPS) is 10.7. The monoisotopic (exact) mass is 309 g/mol. The van der Waals surface area contributed by atoms with Gasteiger partial charge in [0.2, 0.25) is 0 Å². The lowest BCUT2D eigenvalue weighted by Crippen LogP contribution is -2.37. The number of halogens is 2. The number of hydrogen-bond acceptors (Lipinski definition) is 2. The highest BCUT2D eigenvalue weighted by molar-refractivity contribution is 9.09. The summed E-state index contributed by atoms with van der Waals surface area (Å²) >= 11 is 10.5. The molecular weight excluding hydrogens is 298 g/mol. The Morgan fingerprint density at radius 1 is 1.60 bits per heavy atom. The van der Waals surface area contributed by atoms with Crippen molar-refractivity contribution in [1.82, 2.24) is 4.90 Å². The third-order valence-corrected chi connectivity index (χ3v) is 3.57. The van der Waals surface area contributed by atoms with E-state index < -0.39 is 0 Å². The van der Waals surface area contributed by atoms with E-state index in [1.165, 1.54) is 11.3 Å². The van der Waals surface area contributed by atoms with Crippen molar-refractivity contribution in [1.29, 1.82) is 0 Å². The predicted molar refractivity (Wildman–Crippen MR) is 69.3 cm³/mol. The number of amides is 1. The summed E-state index contributed by atoms with van der Waals surface area (Å²) in [7, 11) is 0. The van der Waals surface area contributed by atoms with E-state index in [4.69, 9.17) is 11.6 Å². The maximum absolute atomic E-state index is 12.0. The van der Waals surface area contributed by atoms with E-state index in [-0.39, 0.29) is 11.9 Å². The van der Waals surface area contributed by atoms with Crippen LogP contribution in [0.15, 0.2) is 12.1 Å². The van der Waals surface area contributed by atoms with Crippen LogP contribution in [0, 0.1) is 0 Å². The zero-order chi connectivity index (χ0) is 11.4. The van der Waals surface area contributed by atoms with Crippen molar-refractivity contribution in [3.63, 3.8) is 0 Å². The van der Waals surface area contributed by atoms with Crippen LogP contribution in [0.4, 0.5) is 0 Å². The Morgan fingerprint density at radius 3 is 2.67 bits per heavy atom.